The molecule has 4 aromatic rings. The maximum atomic E-state index is 14.7. The number of rotatable bonds is 5. The van der Waals surface area contributed by atoms with Crippen molar-refractivity contribution in [1.29, 1.82) is 0 Å². The van der Waals surface area contributed by atoms with Crippen LogP contribution in [-0.4, -0.2) is 22.8 Å². The third-order valence-electron chi connectivity index (χ3n) is 7.09. The number of fused-ring (bicyclic) bond motifs is 1. The number of carbonyl (C=O) groups excluding carboxylic acids is 2. The highest BCUT2D eigenvalue weighted by molar-refractivity contribution is 6.36. The molecule has 0 N–H and O–H groups in total. The van der Waals surface area contributed by atoms with Crippen LogP contribution in [0.25, 0.3) is 0 Å². The standard InChI is InChI=1S/C29H19Cl2N3O5/c30-20-15-21(31)17-24(16-20)32-27(35)26-29(28(32)36,19-11-13-23(14-12-19)34(37)38)25(18-7-3-1-4-8-18)33(39-26)22-9-5-2-6-10-22/h1-17,25-26H. The van der Waals surface area contributed by atoms with Crippen molar-refractivity contribution in [3.05, 3.63) is 134 Å². The summed E-state index contributed by atoms with van der Waals surface area (Å²) in [7, 11) is 0. The van der Waals surface area contributed by atoms with E-state index in [1.54, 1.807) is 5.06 Å². The molecule has 0 bridgehead atoms. The number of hydrogen-bond donors (Lipinski definition) is 0. The highest BCUT2D eigenvalue weighted by atomic mass is 35.5. The molecule has 6 rings (SSSR count). The molecule has 0 aliphatic carbocycles. The van der Waals surface area contributed by atoms with Crippen LogP contribution >= 0.6 is 23.2 Å². The topological polar surface area (TPSA) is 93.0 Å². The van der Waals surface area contributed by atoms with Gasteiger partial charge < -0.3 is 0 Å². The van der Waals surface area contributed by atoms with Gasteiger partial charge in [0.1, 0.15) is 11.5 Å². The fraction of sp³-hybridized carbons (Fsp3) is 0.103. The van der Waals surface area contributed by atoms with E-state index in [0.717, 1.165) is 4.90 Å². The molecule has 2 saturated heterocycles. The molecule has 3 unspecified atom stereocenters. The SMILES string of the molecule is O=C1C2ON(c3ccccc3)C(c3ccccc3)C2(c2ccc([N+](=O)[O-])cc2)C(=O)N1c1cc(Cl)cc(Cl)c1. The molecule has 39 heavy (non-hydrogen) atoms. The van der Waals surface area contributed by atoms with Gasteiger partial charge in [-0.2, -0.15) is 0 Å². The number of nitro benzene ring substituents is 1. The first-order chi connectivity index (χ1) is 18.8. The van der Waals surface area contributed by atoms with Gasteiger partial charge in [-0.3, -0.25) is 24.5 Å². The zero-order valence-electron chi connectivity index (χ0n) is 20.1. The molecule has 194 valence electrons. The van der Waals surface area contributed by atoms with E-state index in [2.05, 4.69) is 0 Å². The first kappa shape index (κ1) is 25.1. The Morgan fingerprint density at radius 3 is 1.97 bits per heavy atom. The van der Waals surface area contributed by atoms with Crippen LogP contribution in [0.2, 0.25) is 10.0 Å². The number of imide groups is 1. The third-order valence-corrected chi connectivity index (χ3v) is 7.52. The number of para-hydroxylation sites is 1. The number of benzene rings is 4. The van der Waals surface area contributed by atoms with E-state index in [-0.39, 0.29) is 21.4 Å². The van der Waals surface area contributed by atoms with Crippen molar-refractivity contribution in [2.45, 2.75) is 17.6 Å². The minimum Gasteiger partial charge on any atom is -0.273 e. The van der Waals surface area contributed by atoms with Crippen LogP contribution in [0.5, 0.6) is 0 Å². The molecule has 2 aliphatic heterocycles. The highest BCUT2D eigenvalue weighted by Crippen LogP contribution is 2.57. The number of amides is 2. The zero-order valence-corrected chi connectivity index (χ0v) is 21.6. The van der Waals surface area contributed by atoms with Crippen molar-refractivity contribution in [3.63, 3.8) is 0 Å². The Labute approximate surface area is 233 Å². The predicted molar refractivity (Wildman–Crippen MR) is 147 cm³/mol. The van der Waals surface area contributed by atoms with Gasteiger partial charge in [0.15, 0.2) is 6.10 Å². The van der Waals surface area contributed by atoms with Crippen molar-refractivity contribution < 1.29 is 19.3 Å². The molecular weight excluding hydrogens is 541 g/mol. The number of non-ortho nitro benzene ring substituents is 1. The van der Waals surface area contributed by atoms with Gasteiger partial charge in [-0.25, -0.2) is 9.96 Å². The molecule has 2 amide bonds. The van der Waals surface area contributed by atoms with Gasteiger partial charge in [-0.05, 0) is 41.5 Å². The van der Waals surface area contributed by atoms with Gasteiger partial charge in [0.05, 0.1) is 16.3 Å². The molecule has 2 heterocycles. The summed E-state index contributed by atoms with van der Waals surface area (Å²) < 4.78 is 0. The van der Waals surface area contributed by atoms with E-state index in [1.807, 2.05) is 60.7 Å². The third kappa shape index (κ3) is 3.87. The second-order valence-electron chi connectivity index (χ2n) is 9.24. The monoisotopic (exact) mass is 559 g/mol. The molecule has 10 heteroatoms. The van der Waals surface area contributed by atoms with Crippen molar-refractivity contribution in [3.8, 4) is 0 Å². The lowest BCUT2D eigenvalue weighted by atomic mass is 9.69. The van der Waals surface area contributed by atoms with E-state index in [1.165, 1.54) is 42.5 Å². The first-order valence-electron chi connectivity index (χ1n) is 12.0. The van der Waals surface area contributed by atoms with Crippen molar-refractivity contribution in [2.24, 2.45) is 0 Å². The summed E-state index contributed by atoms with van der Waals surface area (Å²) in [6.45, 7) is 0. The fourth-order valence-electron chi connectivity index (χ4n) is 5.48. The summed E-state index contributed by atoms with van der Waals surface area (Å²) in [4.78, 5) is 47.1. The van der Waals surface area contributed by atoms with Gasteiger partial charge in [0.25, 0.3) is 11.6 Å². The molecule has 0 saturated carbocycles. The highest BCUT2D eigenvalue weighted by Gasteiger charge is 2.72. The number of nitrogens with zero attached hydrogens (tertiary/aromatic N) is 3. The lowest BCUT2D eigenvalue weighted by molar-refractivity contribution is -0.384. The largest absolute Gasteiger partial charge is 0.273 e. The average molecular weight is 560 g/mol. The first-order valence-corrected chi connectivity index (χ1v) is 12.7. The predicted octanol–water partition coefficient (Wildman–Crippen LogP) is 6.27. The van der Waals surface area contributed by atoms with Gasteiger partial charge in [-0.1, -0.05) is 83.9 Å². The van der Waals surface area contributed by atoms with E-state index >= 15 is 0 Å². The van der Waals surface area contributed by atoms with Gasteiger partial charge in [0.2, 0.25) is 5.91 Å². The molecule has 3 atom stereocenters. The quantitative estimate of drug-likeness (QED) is 0.162. The second kappa shape index (κ2) is 9.50. The summed E-state index contributed by atoms with van der Waals surface area (Å²) in [6.07, 6.45) is -1.28. The number of nitro groups is 1. The van der Waals surface area contributed by atoms with E-state index in [0.29, 0.717) is 16.8 Å². The van der Waals surface area contributed by atoms with Gasteiger partial charge >= 0.3 is 0 Å². The Morgan fingerprint density at radius 2 is 1.38 bits per heavy atom. The fourth-order valence-corrected chi connectivity index (χ4v) is 5.99. The zero-order chi connectivity index (χ0) is 27.3. The normalized spacial score (nSPS) is 22.3. The Hall–Kier alpha value is -4.24. The molecule has 2 aliphatic rings. The van der Waals surface area contributed by atoms with Crippen molar-refractivity contribution >= 4 is 52.1 Å². The summed E-state index contributed by atoms with van der Waals surface area (Å²) >= 11 is 12.5. The van der Waals surface area contributed by atoms with Crippen LogP contribution in [0, 0.1) is 10.1 Å². The van der Waals surface area contributed by atoms with Crippen LogP contribution in [0.1, 0.15) is 17.2 Å². The number of hydrogen-bond acceptors (Lipinski definition) is 6. The van der Waals surface area contributed by atoms with E-state index in [4.69, 9.17) is 28.0 Å². The maximum absolute atomic E-state index is 14.7. The summed E-state index contributed by atoms with van der Waals surface area (Å²) in [5, 5.41) is 13.5. The number of halogens is 2. The Bertz CT molecular complexity index is 1580. The lowest BCUT2D eigenvalue weighted by Gasteiger charge is -2.35. The molecule has 2 fully saturated rings. The van der Waals surface area contributed by atoms with E-state index in [9.17, 15) is 19.7 Å². The number of hydroxylamine groups is 1. The van der Waals surface area contributed by atoms with Crippen LogP contribution in [0.15, 0.2) is 103 Å². The Kier molecular flexibility index (Phi) is 6.10. The van der Waals surface area contributed by atoms with Crippen LogP contribution in [0.3, 0.4) is 0 Å². The minimum absolute atomic E-state index is 0.142. The number of anilines is 2. The molecule has 0 radical (unpaired) electrons. The molecule has 0 aromatic heterocycles. The summed E-state index contributed by atoms with van der Waals surface area (Å²) in [6, 6.07) is 27.8. The second-order valence-corrected chi connectivity index (χ2v) is 10.1. The van der Waals surface area contributed by atoms with Crippen LogP contribution < -0.4 is 9.96 Å². The van der Waals surface area contributed by atoms with Crippen LogP contribution in [0.4, 0.5) is 17.1 Å². The summed E-state index contributed by atoms with van der Waals surface area (Å²) in [5.74, 6) is -1.16. The minimum atomic E-state index is -1.60. The summed E-state index contributed by atoms with van der Waals surface area (Å²) in [5.41, 5.74) is 0.226. The van der Waals surface area contributed by atoms with Crippen LogP contribution in [-0.2, 0) is 19.8 Å². The molecule has 4 aromatic carbocycles. The average Bonchev–Trinajstić information content (AvgIpc) is 3.40. The van der Waals surface area contributed by atoms with Crippen molar-refractivity contribution in [2.75, 3.05) is 9.96 Å². The van der Waals surface area contributed by atoms with Crippen molar-refractivity contribution in [1.82, 2.24) is 0 Å². The van der Waals surface area contributed by atoms with Gasteiger partial charge in [-0.15, -0.1) is 0 Å². The molecule has 8 nitrogen and oxygen atoms in total. The lowest BCUT2D eigenvalue weighted by Crippen LogP contribution is -2.46. The Morgan fingerprint density at radius 1 is 0.795 bits per heavy atom. The number of carbonyl (C=O) groups is 2. The van der Waals surface area contributed by atoms with E-state index < -0.39 is 34.3 Å². The van der Waals surface area contributed by atoms with Gasteiger partial charge in [0, 0.05) is 22.2 Å². The molecular formula is C29H19Cl2N3O5. The molecule has 0 spiro atoms. The maximum Gasteiger partial charge on any atom is 0.269 e. The Balaban J connectivity index is 1.62. The smallest absolute Gasteiger partial charge is 0.269 e.